The first-order valence-corrected chi connectivity index (χ1v) is 8.95. The third-order valence-corrected chi connectivity index (χ3v) is 5.23. The van der Waals surface area contributed by atoms with Crippen molar-refractivity contribution in [3.05, 3.63) is 42.2 Å². The largest absolute Gasteiger partial charge is 0.381 e. The molecule has 1 N–H and O–H groups in total. The summed E-state index contributed by atoms with van der Waals surface area (Å²) in [6, 6.07) is 8.21. The summed E-state index contributed by atoms with van der Waals surface area (Å²) < 4.78 is 7.45. The molecule has 5 heteroatoms. The Hall–Kier alpha value is -1.85. The van der Waals surface area contributed by atoms with Gasteiger partial charge in [-0.05, 0) is 43.4 Å². The topological polar surface area (TPSA) is 46.0 Å². The van der Waals surface area contributed by atoms with E-state index in [1.54, 1.807) is 0 Å². The maximum atomic E-state index is 12.5. The van der Waals surface area contributed by atoms with Gasteiger partial charge < -0.3 is 19.4 Å². The van der Waals surface area contributed by atoms with Crippen molar-refractivity contribution in [2.75, 3.05) is 32.8 Å². The highest BCUT2D eigenvalue weighted by atomic mass is 16.5. The molecule has 2 aromatic rings. The zero-order valence-electron chi connectivity index (χ0n) is 14.0. The number of aromatic nitrogens is 1. The highest BCUT2D eigenvalue weighted by Gasteiger charge is 2.25. The fourth-order valence-electron chi connectivity index (χ4n) is 3.80. The van der Waals surface area contributed by atoms with Crippen molar-refractivity contribution in [1.29, 1.82) is 0 Å². The summed E-state index contributed by atoms with van der Waals surface area (Å²) >= 11 is 0. The van der Waals surface area contributed by atoms with E-state index in [0.29, 0.717) is 5.92 Å². The Balaban J connectivity index is 1.29. The Morgan fingerprint density at radius 1 is 1.25 bits per heavy atom. The van der Waals surface area contributed by atoms with E-state index < -0.39 is 0 Å². The Bertz CT molecular complexity index is 664. The van der Waals surface area contributed by atoms with Crippen LogP contribution in [0.25, 0.3) is 5.52 Å². The van der Waals surface area contributed by atoms with E-state index in [4.69, 9.17) is 4.74 Å². The number of rotatable bonds is 4. The van der Waals surface area contributed by atoms with Gasteiger partial charge in [0.2, 0.25) is 0 Å². The van der Waals surface area contributed by atoms with E-state index in [2.05, 4.69) is 10.2 Å². The lowest BCUT2D eigenvalue weighted by Crippen LogP contribution is -2.45. The number of hydrogen-bond donors (Lipinski definition) is 1. The highest BCUT2D eigenvalue weighted by Crippen LogP contribution is 2.18. The molecule has 4 heterocycles. The first-order valence-electron chi connectivity index (χ1n) is 8.95. The Kier molecular flexibility index (Phi) is 4.54. The highest BCUT2D eigenvalue weighted by molar-refractivity contribution is 5.95. The lowest BCUT2D eigenvalue weighted by atomic mass is 10.0. The SMILES string of the molecule is O=C(NC1CCN(CC2CCOC2)CC1)c1cc2ccccn2c1. The van der Waals surface area contributed by atoms with E-state index in [1.807, 2.05) is 41.1 Å². The number of piperidine rings is 1. The molecule has 1 amide bonds. The fraction of sp³-hybridized carbons (Fsp3) is 0.526. The summed E-state index contributed by atoms with van der Waals surface area (Å²) in [5.74, 6) is 0.742. The van der Waals surface area contributed by atoms with Gasteiger partial charge in [-0.25, -0.2) is 0 Å². The molecule has 0 aromatic carbocycles. The van der Waals surface area contributed by atoms with Crippen molar-refractivity contribution < 1.29 is 9.53 Å². The van der Waals surface area contributed by atoms with Gasteiger partial charge in [-0.1, -0.05) is 6.07 Å². The Labute approximate surface area is 142 Å². The van der Waals surface area contributed by atoms with E-state index in [-0.39, 0.29) is 11.9 Å². The van der Waals surface area contributed by atoms with Gasteiger partial charge in [0.05, 0.1) is 12.2 Å². The average Bonchev–Trinajstić information content (AvgIpc) is 3.25. The lowest BCUT2D eigenvalue weighted by Gasteiger charge is -2.33. The number of nitrogens with zero attached hydrogens (tertiary/aromatic N) is 2. The smallest absolute Gasteiger partial charge is 0.253 e. The van der Waals surface area contributed by atoms with Crippen molar-refractivity contribution in [2.45, 2.75) is 25.3 Å². The van der Waals surface area contributed by atoms with Gasteiger partial charge in [0.15, 0.2) is 0 Å². The number of amides is 1. The maximum Gasteiger partial charge on any atom is 0.253 e. The number of ether oxygens (including phenoxy) is 1. The van der Waals surface area contributed by atoms with E-state index in [0.717, 1.165) is 56.8 Å². The molecule has 128 valence electrons. The van der Waals surface area contributed by atoms with Gasteiger partial charge in [-0.2, -0.15) is 0 Å². The summed E-state index contributed by atoms with van der Waals surface area (Å²) in [5, 5.41) is 3.21. The first-order chi connectivity index (χ1) is 11.8. The second-order valence-corrected chi connectivity index (χ2v) is 7.04. The Morgan fingerprint density at radius 2 is 2.12 bits per heavy atom. The monoisotopic (exact) mass is 327 g/mol. The number of hydrogen-bond acceptors (Lipinski definition) is 3. The molecule has 1 atom stereocenters. The first kappa shape index (κ1) is 15.7. The van der Waals surface area contributed by atoms with Crippen molar-refractivity contribution in [1.82, 2.24) is 14.6 Å². The predicted octanol–water partition coefficient (Wildman–Crippen LogP) is 2.17. The van der Waals surface area contributed by atoms with Crippen LogP contribution >= 0.6 is 0 Å². The van der Waals surface area contributed by atoms with Gasteiger partial charge in [-0.15, -0.1) is 0 Å². The molecule has 0 radical (unpaired) electrons. The standard InChI is InChI=1S/C19H25N3O2/c23-19(16-11-18-3-1-2-7-22(18)13-16)20-17-4-8-21(9-5-17)12-15-6-10-24-14-15/h1-3,7,11,13,15,17H,4-6,8-10,12,14H2,(H,20,23). The molecule has 0 aliphatic carbocycles. The second-order valence-electron chi connectivity index (χ2n) is 7.04. The number of carbonyl (C=O) groups is 1. The molecule has 24 heavy (non-hydrogen) atoms. The molecule has 0 saturated carbocycles. The van der Waals surface area contributed by atoms with Crippen LogP contribution in [-0.4, -0.2) is 54.1 Å². The van der Waals surface area contributed by atoms with E-state index in [1.165, 1.54) is 6.42 Å². The normalized spacial score (nSPS) is 22.9. The molecule has 2 saturated heterocycles. The van der Waals surface area contributed by atoms with Crippen LogP contribution in [-0.2, 0) is 4.74 Å². The van der Waals surface area contributed by atoms with Gasteiger partial charge in [-0.3, -0.25) is 4.79 Å². The quantitative estimate of drug-likeness (QED) is 0.936. The van der Waals surface area contributed by atoms with Gasteiger partial charge in [0.25, 0.3) is 5.91 Å². The van der Waals surface area contributed by atoms with Crippen LogP contribution in [0.5, 0.6) is 0 Å². The number of nitrogens with one attached hydrogen (secondary N) is 1. The van der Waals surface area contributed by atoms with Crippen LogP contribution in [0.15, 0.2) is 36.7 Å². The zero-order valence-corrected chi connectivity index (χ0v) is 14.0. The van der Waals surface area contributed by atoms with Crippen LogP contribution < -0.4 is 5.32 Å². The molecule has 4 rings (SSSR count). The molecule has 2 aromatic heterocycles. The molecular formula is C19H25N3O2. The van der Waals surface area contributed by atoms with Gasteiger partial charge in [0, 0.05) is 50.2 Å². The summed E-state index contributed by atoms with van der Waals surface area (Å²) in [4.78, 5) is 15.0. The predicted molar refractivity (Wildman–Crippen MR) is 93.3 cm³/mol. The van der Waals surface area contributed by atoms with Crippen molar-refractivity contribution >= 4 is 11.4 Å². The van der Waals surface area contributed by atoms with Crippen LogP contribution in [0.2, 0.25) is 0 Å². The van der Waals surface area contributed by atoms with Gasteiger partial charge >= 0.3 is 0 Å². The molecule has 2 fully saturated rings. The minimum Gasteiger partial charge on any atom is -0.381 e. The minimum absolute atomic E-state index is 0.0429. The van der Waals surface area contributed by atoms with Gasteiger partial charge in [0.1, 0.15) is 0 Å². The molecular weight excluding hydrogens is 302 g/mol. The Morgan fingerprint density at radius 3 is 2.88 bits per heavy atom. The molecule has 5 nitrogen and oxygen atoms in total. The number of pyridine rings is 1. The summed E-state index contributed by atoms with van der Waals surface area (Å²) in [7, 11) is 0. The van der Waals surface area contributed by atoms with Crippen molar-refractivity contribution in [2.24, 2.45) is 5.92 Å². The van der Waals surface area contributed by atoms with Crippen molar-refractivity contribution in [3.8, 4) is 0 Å². The fourth-order valence-corrected chi connectivity index (χ4v) is 3.80. The second kappa shape index (κ2) is 6.95. The molecule has 1 unspecified atom stereocenters. The van der Waals surface area contributed by atoms with E-state index in [9.17, 15) is 4.79 Å². The van der Waals surface area contributed by atoms with Crippen LogP contribution in [0.4, 0.5) is 0 Å². The molecule has 2 aliphatic rings. The van der Waals surface area contributed by atoms with Crippen LogP contribution in [0, 0.1) is 5.92 Å². The number of likely N-dealkylation sites (tertiary alicyclic amines) is 1. The van der Waals surface area contributed by atoms with E-state index >= 15 is 0 Å². The summed E-state index contributed by atoms with van der Waals surface area (Å²) in [5.41, 5.74) is 1.79. The molecule has 0 spiro atoms. The van der Waals surface area contributed by atoms with Crippen molar-refractivity contribution in [3.63, 3.8) is 0 Å². The van der Waals surface area contributed by atoms with Crippen LogP contribution in [0.3, 0.4) is 0 Å². The molecule has 2 aliphatic heterocycles. The zero-order chi connectivity index (χ0) is 16.4. The van der Waals surface area contributed by atoms with Crippen LogP contribution in [0.1, 0.15) is 29.6 Å². The minimum atomic E-state index is 0.0429. The maximum absolute atomic E-state index is 12.5. The average molecular weight is 327 g/mol. The summed E-state index contributed by atoms with van der Waals surface area (Å²) in [6.07, 6.45) is 7.13. The molecule has 0 bridgehead atoms. The third-order valence-electron chi connectivity index (χ3n) is 5.23. The number of carbonyl (C=O) groups excluding carboxylic acids is 1. The lowest BCUT2D eigenvalue weighted by molar-refractivity contribution is 0.0903. The number of fused-ring (bicyclic) bond motifs is 1. The third kappa shape index (κ3) is 3.47. The summed E-state index contributed by atoms with van der Waals surface area (Å²) in [6.45, 7) is 5.12.